The highest BCUT2D eigenvalue weighted by atomic mass is 16.3. The maximum absolute atomic E-state index is 10.2. The Balaban J connectivity index is 1.50. The molecular weight excluding hydrogens is 296 g/mol. The Bertz CT molecular complexity index is 661. The predicted molar refractivity (Wildman–Crippen MR) is 93.5 cm³/mol. The first-order valence-electron chi connectivity index (χ1n) is 10.00. The molecule has 4 aliphatic rings. The first kappa shape index (κ1) is 15.3. The molecule has 0 aromatic carbocycles. The topological polar surface area (TPSA) is 46.0 Å². The quantitative estimate of drug-likeness (QED) is 0.786. The van der Waals surface area contributed by atoms with E-state index in [1.165, 1.54) is 49.8 Å². The van der Waals surface area contributed by atoms with Crippen LogP contribution in [0.1, 0.15) is 70.1 Å². The lowest BCUT2D eigenvalue weighted by molar-refractivity contribution is -0.111. The van der Waals surface area contributed by atoms with Crippen LogP contribution in [0.25, 0.3) is 0 Å². The first-order valence-corrected chi connectivity index (χ1v) is 10.00. The smallest absolute Gasteiger partial charge is 0.115 e. The van der Waals surface area contributed by atoms with Crippen LogP contribution in [0, 0.1) is 29.1 Å². The zero-order valence-corrected chi connectivity index (χ0v) is 15.0. The molecule has 3 saturated carbocycles. The van der Waals surface area contributed by atoms with Gasteiger partial charge in [0.05, 0.1) is 11.8 Å². The Kier molecular flexibility index (Phi) is 3.21. The summed E-state index contributed by atoms with van der Waals surface area (Å²) in [7, 11) is 0. The van der Waals surface area contributed by atoms with Crippen molar-refractivity contribution in [2.45, 2.75) is 76.7 Å². The predicted octanol–water partition coefficient (Wildman–Crippen LogP) is 3.89. The summed E-state index contributed by atoms with van der Waals surface area (Å²) < 4.78 is 0. The van der Waals surface area contributed by atoms with Crippen molar-refractivity contribution < 1.29 is 5.11 Å². The summed E-state index contributed by atoms with van der Waals surface area (Å²) in [6.07, 6.45) is 13.6. The molecule has 1 heterocycles. The van der Waals surface area contributed by atoms with Crippen molar-refractivity contribution in [1.82, 2.24) is 9.97 Å². The lowest BCUT2D eigenvalue weighted by Gasteiger charge is -2.60. The van der Waals surface area contributed by atoms with Gasteiger partial charge in [0.15, 0.2) is 0 Å². The van der Waals surface area contributed by atoms with Gasteiger partial charge < -0.3 is 5.11 Å². The molecule has 3 fully saturated rings. The summed E-state index contributed by atoms with van der Waals surface area (Å²) in [5.74, 6) is 3.20. The van der Waals surface area contributed by atoms with E-state index in [9.17, 15) is 5.11 Å². The highest BCUT2D eigenvalue weighted by Crippen LogP contribution is 2.65. The van der Waals surface area contributed by atoms with Crippen LogP contribution in [0.4, 0.5) is 0 Å². The van der Waals surface area contributed by atoms with Crippen LogP contribution in [0.15, 0.2) is 12.5 Å². The van der Waals surface area contributed by atoms with E-state index >= 15 is 0 Å². The van der Waals surface area contributed by atoms with Crippen molar-refractivity contribution >= 4 is 0 Å². The van der Waals surface area contributed by atoms with Crippen LogP contribution in [-0.2, 0) is 11.8 Å². The number of aliphatic hydroxyl groups excluding tert-OH is 1. The Labute approximate surface area is 145 Å². The Morgan fingerprint density at radius 2 is 1.96 bits per heavy atom. The number of nitrogens with zero attached hydrogens (tertiary/aromatic N) is 2. The molecule has 0 amide bonds. The summed E-state index contributed by atoms with van der Waals surface area (Å²) in [6.45, 7) is 5.04. The molecule has 3 nitrogen and oxygen atoms in total. The monoisotopic (exact) mass is 326 g/mol. The molecule has 0 radical (unpaired) electrons. The van der Waals surface area contributed by atoms with Gasteiger partial charge >= 0.3 is 0 Å². The van der Waals surface area contributed by atoms with Gasteiger partial charge in [-0.1, -0.05) is 13.8 Å². The number of aliphatic hydroxyl groups is 1. The third-order valence-electron chi connectivity index (χ3n) is 8.80. The van der Waals surface area contributed by atoms with Gasteiger partial charge in [-0.15, -0.1) is 0 Å². The SMILES string of the molecule is C[C@]12CC[C@@H](O)C[C@@H]1CC[C@@H]1[C@@H]2CC[C@]2(C)c3ncncc3C[C@@H]12. The number of hydrogen-bond acceptors (Lipinski definition) is 3. The van der Waals surface area contributed by atoms with E-state index in [0.717, 1.165) is 36.5 Å². The highest BCUT2D eigenvalue weighted by Gasteiger charge is 2.59. The minimum atomic E-state index is -0.0421. The fourth-order valence-electron chi connectivity index (χ4n) is 7.49. The van der Waals surface area contributed by atoms with Crippen LogP contribution in [-0.4, -0.2) is 21.2 Å². The van der Waals surface area contributed by atoms with Crippen molar-refractivity contribution in [2.24, 2.45) is 29.1 Å². The lowest BCUT2D eigenvalue weighted by atomic mass is 9.45. The lowest BCUT2D eigenvalue weighted by Crippen LogP contribution is -2.54. The maximum atomic E-state index is 10.2. The normalized spacial score (nSPS) is 49.7. The molecule has 130 valence electrons. The molecule has 7 atom stereocenters. The highest BCUT2D eigenvalue weighted by molar-refractivity contribution is 5.35. The third-order valence-corrected chi connectivity index (χ3v) is 8.80. The van der Waals surface area contributed by atoms with Crippen molar-refractivity contribution in [3.63, 3.8) is 0 Å². The summed E-state index contributed by atoms with van der Waals surface area (Å²) in [4.78, 5) is 9.02. The van der Waals surface area contributed by atoms with Gasteiger partial charge in [0.25, 0.3) is 0 Å². The van der Waals surface area contributed by atoms with Crippen LogP contribution in [0.5, 0.6) is 0 Å². The van der Waals surface area contributed by atoms with Crippen molar-refractivity contribution in [1.29, 1.82) is 0 Å². The molecule has 24 heavy (non-hydrogen) atoms. The van der Waals surface area contributed by atoms with E-state index in [2.05, 4.69) is 25.0 Å². The second-order valence-electron chi connectivity index (χ2n) is 9.64. The van der Waals surface area contributed by atoms with Gasteiger partial charge in [0.2, 0.25) is 0 Å². The number of hydrogen-bond donors (Lipinski definition) is 1. The molecule has 1 aromatic heterocycles. The van der Waals surface area contributed by atoms with E-state index in [-0.39, 0.29) is 11.5 Å². The van der Waals surface area contributed by atoms with Gasteiger partial charge in [-0.25, -0.2) is 9.97 Å². The zero-order valence-electron chi connectivity index (χ0n) is 15.0. The first-order chi connectivity index (χ1) is 11.5. The number of aromatic nitrogens is 2. The number of fused-ring (bicyclic) bond motifs is 7. The van der Waals surface area contributed by atoms with E-state index in [1.807, 2.05) is 0 Å². The van der Waals surface area contributed by atoms with Crippen LogP contribution >= 0.6 is 0 Å². The minimum Gasteiger partial charge on any atom is -0.393 e. The summed E-state index contributed by atoms with van der Waals surface area (Å²) in [6, 6.07) is 0. The van der Waals surface area contributed by atoms with Gasteiger partial charge in [-0.2, -0.15) is 0 Å². The average molecular weight is 326 g/mol. The Morgan fingerprint density at radius 1 is 1.08 bits per heavy atom. The molecular formula is C21H30N2O. The van der Waals surface area contributed by atoms with Crippen LogP contribution < -0.4 is 0 Å². The molecule has 1 aromatic rings. The van der Waals surface area contributed by atoms with E-state index in [0.29, 0.717) is 5.41 Å². The molecule has 3 heteroatoms. The second kappa shape index (κ2) is 5.03. The average Bonchev–Trinajstić information content (AvgIpc) is 2.89. The Morgan fingerprint density at radius 3 is 2.83 bits per heavy atom. The number of rotatable bonds is 0. The van der Waals surface area contributed by atoms with Crippen molar-refractivity contribution in [3.8, 4) is 0 Å². The summed E-state index contributed by atoms with van der Waals surface area (Å²) in [5, 5.41) is 10.2. The molecule has 1 N–H and O–H groups in total. The van der Waals surface area contributed by atoms with Gasteiger partial charge in [0, 0.05) is 11.6 Å². The van der Waals surface area contributed by atoms with E-state index in [1.54, 1.807) is 6.33 Å². The van der Waals surface area contributed by atoms with Crippen molar-refractivity contribution in [2.75, 3.05) is 0 Å². The molecule has 0 unspecified atom stereocenters. The van der Waals surface area contributed by atoms with Crippen LogP contribution in [0.3, 0.4) is 0 Å². The molecule has 4 aliphatic carbocycles. The van der Waals surface area contributed by atoms with E-state index < -0.39 is 0 Å². The summed E-state index contributed by atoms with van der Waals surface area (Å²) in [5.41, 5.74) is 3.50. The van der Waals surface area contributed by atoms with Crippen LogP contribution in [0.2, 0.25) is 0 Å². The van der Waals surface area contributed by atoms with Crippen molar-refractivity contribution in [3.05, 3.63) is 23.8 Å². The van der Waals surface area contributed by atoms with E-state index in [4.69, 9.17) is 4.98 Å². The maximum Gasteiger partial charge on any atom is 0.115 e. The fraction of sp³-hybridized carbons (Fsp3) is 0.810. The third kappa shape index (κ3) is 1.88. The van der Waals surface area contributed by atoms with Gasteiger partial charge in [-0.05, 0) is 86.0 Å². The molecule has 0 aliphatic heterocycles. The molecule has 0 saturated heterocycles. The van der Waals surface area contributed by atoms with Gasteiger partial charge in [0.1, 0.15) is 6.33 Å². The summed E-state index contributed by atoms with van der Waals surface area (Å²) >= 11 is 0. The Hall–Kier alpha value is -0.960. The molecule has 5 rings (SSSR count). The minimum absolute atomic E-state index is 0.0421. The molecule has 0 bridgehead atoms. The fourth-order valence-corrected chi connectivity index (χ4v) is 7.49. The van der Waals surface area contributed by atoms with Gasteiger partial charge in [-0.3, -0.25) is 0 Å². The molecule has 0 spiro atoms. The zero-order chi connectivity index (χ0) is 16.5. The largest absolute Gasteiger partial charge is 0.393 e. The standard InChI is InChI=1S/C21H30N2O/c1-20-7-5-15(24)10-14(20)3-4-16-17(20)6-8-21(2)18(16)9-13-11-22-12-23-19(13)21/h11-12,14-18,24H,3-10H2,1-2H3/t14-,15+,16+,17-,18-,20-,21-/m0/s1. The second-order valence-corrected chi connectivity index (χ2v) is 9.64.